The molecule has 2 aromatic carbocycles. The topological polar surface area (TPSA) is 104 Å². The van der Waals surface area contributed by atoms with E-state index < -0.39 is 0 Å². The zero-order valence-corrected chi connectivity index (χ0v) is 20.9. The molecule has 37 heavy (non-hydrogen) atoms. The second-order valence-corrected chi connectivity index (χ2v) is 9.12. The third kappa shape index (κ3) is 5.52. The molecule has 1 aliphatic rings. The van der Waals surface area contributed by atoms with Crippen molar-refractivity contribution in [2.75, 3.05) is 26.8 Å². The van der Waals surface area contributed by atoms with Crippen LogP contribution in [-0.2, 0) is 16.1 Å². The number of nitrogens with zero attached hydrogens (tertiary/aromatic N) is 4. The van der Waals surface area contributed by atoms with Crippen LogP contribution in [0.1, 0.15) is 35.2 Å². The molecule has 1 amide bonds. The van der Waals surface area contributed by atoms with E-state index in [4.69, 9.17) is 14.3 Å². The van der Waals surface area contributed by atoms with Gasteiger partial charge in [-0.3, -0.25) is 14.5 Å². The summed E-state index contributed by atoms with van der Waals surface area (Å²) in [5.74, 6) is 0.992. The second kappa shape index (κ2) is 10.9. The van der Waals surface area contributed by atoms with Crippen molar-refractivity contribution in [1.82, 2.24) is 19.9 Å². The van der Waals surface area contributed by atoms with E-state index in [-0.39, 0.29) is 30.6 Å². The molecule has 0 saturated carbocycles. The number of ether oxygens (including phenoxy) is 1. The van der Waals surface area contributed by atoms with Gasteiger partial charge in [0.05, 0.1) is 42.6 Å². The highest BCUT2D eigenvalue weighted by atomic mass is 16.5. The lowest BCUT2D eigenvalue weighted by molar-refractivity contribution is -0.134. The molecule has 0 fully saturated rings. The number of nitrogens with one attached hydrogen (secondary N) is 1. The molecule has 0 saturated heterocycles. The van der Waals surface area contributed by atoms with Gasteiger partial charge in [-0.05, 0) is 36.8 Å². The Kier molecular flexibility index (Phi) is 7.25. The summed E-state index contributed by atoms with van der Waals surface area (Å²) in [5, 5.41) is 6.78. The van der Waals surface area contributed by atoms with Crippen molar-refractivity contribution in [1.29, 1.82) is 0 Å². The minimum absolute atomic E-state index is 0.0712. The van der Waals surface area contributed by atoms with Crippen molar-refractivity contribution in [2.45, 2.75) is 25.9 Å². The van der Waals surface area contributed by atoms with Crippen molar-refractivity contribution in [3.63, 3.8) is 0 Å². The fraction of sp³-hybridized carbons (Fsp3) is 0.286. The summed E-state index contributed by atoms with van der Waals surface area (Å²) in [4.78, 5) is 35.5. The summed E-state index contributed by atoms with van der Waals surface area (Å²) in [6, 6.07) is 18.7. The number of carbonyl (C=O) groups excluding carboxylic acids is 1. The first kappa shape index (κ1) is 24.6. The molecule has 9 nitrogen and oxygen atoms in total. The molecule has 1 aliphatic heterocycles. The number of hydrogen-bond acceptors (Lipinski definition) is 7. The number of amides is 1. The molecule has 0 unspecified atom stereocenters. The fourth-order valence-electron chi connectivity index (χ4n) is 4.48. The summed E-state index contributed by atoms with van der Waals surface area (Å²) in [6.45, 7) is 3.29. The summed E-state index contributed by atoms with van der Waals surface area (Å²) in [6.07, 6.45) is 2.16. The Balaban J connectivity index is 1.39. The smallest absolute Gasteiger partial charge is 0.258 e. The Hall–Kier alpha value is -4.08. The highest BCUT2D eigenvalue weighted by Crippen LogP contribution is 2.33. The van der Waals surface area contributed by atoms with Crippen LogP contribution in [0.25, 0.3) is 10.9 Å². The van der Waals surface area contributed by atoms with Crippen LogP contribution in [0.3, 0.4) is 0 Å². The van der Waals surface area contributed by atoms with Gasteiger partial charge in [-0.25, -0.2) is 9.99 Å². The minimum atomic E-state index is -0.332. The third-order valence-electron chi connectivity index (χ3n) is 6.43. The molecule has 0 radical (unpaired) electrons. The minimum Gasteiger partial charge on any atom is -0.467 e. The molecular weight excluding hydrogens is 470 g/mol. The average molecular weight is 500 g/mol. The molecule has 4 aromatic rings. The number of carbonyl (C=O) groups is 1. The molecule has 190 valence electrons. The van der Waals surface area contributed by atoms with Crippen LogP contribution in [0.2, 0.25) is 0 Å². The molecule has 9 heteroatoms. The zero-order valence-electron chi connectivity index (χ0n) is 20.9. The summed E-state index contributed by atoms with van der Waals surface area (Å²) >= 11 is 0. The van der Waals surface area contributed by atoms with E-state index in [0.717, 1.165) is 16.8 Å². The molecule has 1 atom stereocenters. The van der Waals surface area contributed by atoms with E-state index in [2.05, 4.69) is 9.97 Å². The number of aromatic nitrogens is 2. The molecule has 3 heterocycles. The predicted octanol–water partition coefficient (Wildman–Crippen LogP) is 3.65. The molecule has 0 aliphatic carbocycles. The number of methoxy groups -OCH3 is 1. The Morgan fingerprint density at radius 1 is 1.16 bits per heavy atom. The maximum absolute atomic E-state index is 13.6. The van der Waals surface area contributed by atoms with Crippen LogP contribution in [0.4, 0.5) is 0 Å². The predicted molar refractivity (Wildman–Crippen MR) is 140 cm³/mol. The number of hydrazone groups is 1. The van der Waals surface area contributed by atoms with Crippen molar-refractivity contribution in [2.24, 2.45) is 5.10 Å². The van der Waals surface area contributed by atoms with Crippen LogP contribution >= 0.6 is 0 Å². The SMILES string of the molecule is COCCN(CC(=O)N1N=C(c2ccc(C)cc2)C[C@@H]1c1ccco1)Cc1nc2ccccc2c(=O)[nH]1. The first-order valence-electron chi connectivity index (χ1n) is 12.2. The maximum atomic E-state index is 13.6. The van der Waals surface area contributed by atoms with Gasteiger partial charge in [0.25, 0.3) is 11.5 Å². The normalized spacial score (nSPS) is 15.5. The highest BCUT2D eigenvalue weighted by Gasteiger charge is 2.35. The van der Waals surface area contributed by atoms with Gasteiger partial charge in [0, 0.05) is 20.1 Å². The van der Waals surface area contributed by atoms with Crippen molar-refractivity contribution < 1.29 is 13.9 Å². The van der Waals surface area contributed by atoms with Gasteiger partial charge in [-0.2, -0.15) is 5.10 Å². The highest BCUT2D eigenvalue weighted by molar-refractivity contribution is 6.03. The van der Waals surface area contributed by atoms with E-state index in [9.17, 15) is 9.59 Å². The fourth-order valence-corrected chi connectivity index (χ4v) is 4.48. The Morgan fingerprint density at radius 2 is 1.97 bits per heavy atom. The van der Waals surface area contributed by atoms with E-state index in [1.54, 1.807) is 31.6 Å². The Morgan fingerprint density at radius 3 is 2.73 bits per heavy atom. The summed E-state index contributed by atoms with van der Waals surface area (Å²) < 4.78 is 10.9. The molecule has 2 aromatic heterocycles. The van der Waals surface area contributed by atoms with Crippen LogP contribution < -0.4 is 5.56 Å². The average Bonchev–Trinajstić information content (AvgIpc) is 3.58. The zero-order chi connectivity index (χ0) is 25.8. The number of H-pyrrole nitrogens is 1. The van der Waals surface area contributed by atoms with E-state index in [1.165, 1.54) is 5.01 Å². The van der Waals surface area contributed by atoms with Crippen molar-refractivity contribution in [3.8, 4) is 0 Å². The first-order valence-corrected chi connectivity index (χ1v) is 12.2. The van der Waals surface area contributed by atoms with E-state index in [1.807, 2.05) is 54.3 Å². The summed E-state index contributed by atoms with van der Waals surface area (Å²) in [5.41, 5.74) is 3.38. The number of aromatic amines is 1. The van der Waals surface area contributed by atoms with Crippen LogP contribution in [0.5, 0.6) is 0 Å². The van der Waals surface area contributed by atoms with Gasteiger partial charge >= 0.3 is 0 Å². The lowest BCUT2D eigenvalue weighted by atomic mass is 10.0. The maximum Gasteiger partial charge on any atom is 0.258 e. The Bertz CT molecular complexity index is 1460. The quantitative estimate of drug-likeness (QED) is 0.377. The van der Waals surface area contributed by atoms with Gasteiger partial charge in [0.2, 0.25) is 0 Å². The van der Waals surface area contributed by atoms with Crippen LogP contribution in [0.15, 0.2) is 81.2 Å². The molecule has 5 rings (SSSR count). The van der Waals surface area contributed by atoms with E-state index in [0.29, 0.717) is 42.1 Å². The number of para-hydroxylation sites is 1. The van der Waals surface area contributed by atoms with Gasteiger partial charge < -0.3 is 14.1 Å². The number of aryl methyl sites for hydroxylation is 1. The lowest BCUT2D eigenvalue weighted by Gasteiger charge is -2.25. The van der Waals surface area contributed by atoms with Crippen LogP contribution in [-0.4, -0.2) is 58.3 Å². The number of fused-ring (bicyclic) bond motifs is 1. The molecular formula is C28H29N5O4. The third-order valence-corrected chi connectivity index (χ3v) is 6.43. The summed E-state index contributed by atoms with van der Waals surface area (Å²) in [7, 11) is 1.61. The molecule has 0 bridgehead atoms. The number of benzene rings is 2. The van der Waals surface area contributed by atoms with E-state index >= 15 is 0 Å². The van der Waals surface area contributed by atoms with Crippen molar-refractivity contribution in [3.05, 3.63) is 100.0 Å². The monoisotopic (exact) mass is 499 g/mol. The van der Waals surface area contributed by atoms with Gasteiger partial charge in [-0.15, -0.1) is 0 Å². The standard InChI is InChI=1S/C28H29N5O4/c1-19-9-11-20(12-10-19)23-16-24(25-8-5-14-37-25)33(31-23)27(34)18-32(13-15-36-2)17-26-29-22-7-4-3-6-21(22)28(35)30-26/h3-12,14,24H,13,15-18H2,1-2H3,(H,29,30,35)/t24-/m1/s1. The van der Waals surface area contributed by atoms with Crippen molar-refractivity contribution >= 4 is 22.5 Å². The lowest BCUT2D eigenvalue weighted by Crippen LogP contribution is -2.39. The van der Waals surface area contributed by atoms with Crippen LogP contribution in [0, 0.1) is 6.92 Å². The number of rotatable bonds is 9. The second-order valence-electron chi connectivity index (χ2n) is 9.12. The molecule has 0 spiro atoms. The molecule has 1 N–H and O–H groups in total. The first-order chi connectivity index (χ1) is 18.0. The van der Waals surface area contributed by atoms with Gasteiger partial charge in [0.1, 0.15) is 17.6 Å². The van der Waals surface area contributed by atoms with Gasteiger partial charge in [-0.1, -0.05) is 42.0 Å². The van der Waals surface area contributed by atoms with Gasteiger partial charge in [0.15, 0.2) is 0 Å². The number of furan rings is 1. The number of hydrogen-bond donors (Lipinski definition) is 1. The Labute approximate surface area is 214 Å². The largest absolute Gasteiger partial charge is 0.467 e.